The van der Waals surface area contributed by atoms with Gasteiger partial charge >= 0.3 is 0 Å². The molecule has 0 fully saturated rings. The molecule has 9 nitrogen and oxygen atoms in total. The first kappa shape index (κ1) is 25.2. The van der Waals surface area contributed by atoms with Gasteiger partial charge in [-0.2, -0.15) is 4.98 Å². The van der Waals surface area contributed by atoms with E-state index >= 15 is 0 Å². The van der Waals surface area contributed by atoms with Crippen LogP contribution in [0.15, 0.2) is 42.6 Å². The minimum absolute atomic E-state index is 0.0763. The van der Waals surface area contributed by atoms with Crippen LogP contribution in [0.5, 0.6) is 5.88 Å². The largest absolute Gasteiger partial charge is 0.480 e. The fourth-order valence-corrected chi connectivity index (χ4v) is 3.49. The van der Waals surface area contributed by atoms with Crippen molar-refractivity contribution in [2.45, 2.75) is 0 Å². The lowest BCUT2D eigenvalue weighted by molar-refractivity contribution is 0.102. The van der Waals surface area contributed by atoms with Crippen molar-refractivity contribution in [1.82, 2.24) is 14.9 Å². The number of rotatable bonds is 10. The minimum Gasteiger partial charge on any atom is -0.480 e. The zero-order valence-corrected chi connectivity index (χ0v) is 20.5. The highest BCUT2D eigenvalue weighted by atomic mass is 35.5. The topological polar surface area (TPSA) is 115 Å². The fraction of sp³-hybridized carbons (Fsp3) is 0.217. The van der Waals surface area contributed by atoms with Gasteiger partial charge in [0.05, 0.1) is 22.8 Å². The second-order valence-corrected chi connectivity index (χ2v) is 8.28. The summed E-state index contributed by atoms with van der Waals surface area (Å²) in [5.41, 5.74) is 2.65. The Morgan fingerprint density at radius 1 is 1.21 bits per heavy atom. The quantitative estimate of drug-likeness (QED) is 0.296. The van der Waals surface area contributed by atoms with Crippen LogP contribution in [0.1, 0.15) is 15.9 Å². The zero-order valence-electron chi connectivity index (χ0n) is 18.9. The third kappa shape index (κ3) is 6.34. The van der Waals surface area contributed by atoms with E-state index in [9.17, 15) is 4.79 Å². The van der Waals surface area contributed by atoms with Gasteiger partial charge in [-0.3, -0.25) is 4.79 Å². The first-order valence-corrected chi connectivity index (χ1v) is 11.0. The standard InChI is InChI=1S/C23H25Cl2N7O2/c1-32(2)10-9-27-19-8-7-15(11-14(19)12-26)29-23-28-13-16(22(31-23)34-3)21(33)30-20-17(24)5-4-6-18(20)25/h4-8,11-13,26-27H,9-10H2,1-3H3,(H,30,33)(H,28,29,31). The number of hydrogen-bond acceptors (Lipinski definition) is 8. The van der Waals surface area contributed by atoms with Crippen LogP contribution in [0.3, 0.4) is 0 Å². The summed E-state index contributed by atoms with van der Waals surface area (Å²) in [4.78, 5) is 23.4. The Balaban J connectivity index is 1.76. The van der Waals surface area contributed by atoms with E-state index in [0.717, 1.165) is 18.8 Å². The van der Waals surface area contributed by atoms with Crippen LogP contribution >= 0.6 is 23.2 Å². The van der Waals surface area contributed by atoms with Crippen molar-refractivity contribution < 1.29 is 9.53 Å². The number of benzene rings is 2. The summed E-state index contributed by atoms with van der Waals surface area (Å²) in [5, 5.41) is 17.4. The Kier molecular flexibility index (Phi) is 8.64. The molecule has 3 aromatic rings. The predicted molar refractivity (Wildman–Crippen MR) is 138 cm³/mol. The summed E-state index contributed by atoms with van der Waals surface area (Å²) >= 11 is 12.3. The molecule has 2 aromatic carbocycles. The molecule has 0 atom stereocenters. The van der Waals surface area contributed by atoms with Crippen molar-refractivity contribution in [3.8, 4) is 5.88 Å². The van der Waals surface area contributed by atoms with E-state index in [4.69, 9.17) is 33.3 Å². The van der Waals surface area contributed by atoms with Crippen molar-refractivity contribution >= 4 is 58.3 Å². The van der Waals surface area contributed by atoms with Gasteiger partial charge in [0.15, 0.2) is 0 Å². The van der Waals surface area contributed by atoms with E-state index < -0.39 is 5.91 Å². The highest BCUT2D eigenvalue weighted by Crippen LogP contribution is 2.31. The number of ether oxygens (including phenoxy) is 1. The molecule has 0 saturated heterocycles. The number of aromatic nitrogens is 2. The predicted octanol–water partition coefficient (Wildman–Crippen LogP) is 4.76. The van der Waals surface area contributed by atoms with E-state index in [1.54, 1.807) is 24.3 Å². The molecule has 1 amide bonds. The SMILES string of the molecule is COc1nc(Nc2ccc(NCCN(C)C)c(C=N)c2)ncc1C(=O)Nc1c(Cl)cccc1Cl. The van der Waals surface area contributed by atoms with E-state index in [1.807, 2.05) is 26.2 Å². The summed E-state index contributed by atoms with van der Waals surface area (Å²) in [6, 6.07) is 10.5. The Bertz CT molecular complexity index is 1170. The third-order valence-electron chi connectivity index (χ3n) is 4.73. The summed E-state index contributed by atoms with van der Waals surface area (Å²) in [6.07, 6.45) is 2.63. The maximum absolute atomic E-state index is 12.8. The van der Waals surface area contributed by atoms with Crippen LogP contribution in [0.4, 0.5) is 23.0 Å². The number of para-hydroxylation sites is 1. The molecule has 0 unspecified atom stereocenters. The molecule has 0 aliphatic carbocycles. The van der Waals surface area contributed by atoms with Gasteiger partial charge in [-0.15, -0.1) is 0 Å². The lowest BCUT2D eigenvalue weighted by Crippen LogP contribution is -2.21. The van der Waals surface area contributed by atoms with Crippen LogP contribution in [0, 0.1) is 5.41 Å². The lowest BCUT2D eigenvalue weighted by Gasteiger charge is -2.15. The van der Waals surface area contributed by atoms with Crippen LogP contribution in [-0.2, 0) is 0 Å². The summed E-state index contributed by atoms with van der Waals surface area (Å²) in [7, 11) is 5.41. The molecule has 1 aromatic heterocycles. The number of anilines is 4. The Morgan fingerprint density at radius 2 is 1.94 bits per heavy atom. The second kappa shape index (κ2) is 11.6. The maximum Gasteiger partial charge on any atom is 0.262 e. The molecular formula is C23H25Cl2N7O2. The van der Waals surface area contributed by atoms with Crippen LogP contribution in [0.2, 0.25) is 10.0 Å². The second-order valence-electron chi connectivity index (χ2n) is 7.47. The number of hydrogen-bond donors (Lipinski definition) is 4. The first-order valence-electron chi connectivity index (χ1n) is 10.3. The fourth-order valence-electron chi connectivity index (χ4n) is 3.00. The third-order valence-corrected chi connectivity index (χ3v) is 5.36. The van der Waals surface area contributed by atoms with Gasteiger partial charge in [0.25, 0.3) is 5.91 Å². The molecule has 1 heterocycles. The molecule has 0 aliphatic rings. The molecule has 0 aliphatic heterocycles. The molecule has 0 saturated carbocycles. The van der Waals surface area contributed by atoms with E-state index in [0.29, 0.717) is 27.0 Å². The smallest absolute Gasteiger partial charge is 0.262 e. The van der Waals surface area contributed by atoms with E-state index in [1.165, 1.54) is 19.5 Å². The van der Waals surface area contributed by atoms with Gasteiger partial charge in [-0.05, 0) is 44.4 Å². The maximum atomic E-state index is 12.8. The molecule has 178 valence electrons. The van der Waals surface area contributed by atoms with Crippen molar-refractivity contribution in [2.75, 3.05) is 50.2 Å². The van der Waals surface area contributed by atoms with Crippen molar-refractivity contribution in [3.63, 3.8) is 0 Å². The molecule has 0 spiro atoms. The zero-order chi connectivity index (χ0) is 24.7. The van der Waals surface area contributed by atoms with E-state index in [-0.39, 0.29) is 17.4 Å². The Hall–Kier alpha value is -3.40. The van der Waals surface area contributed by atoms with Gasteiger partial charge < -0.3 is 31.0 Å². The number of nitrogens with one attached hydrogen (secondary N) is 4. The van der Waals surface area contributed by atoms with Gasteiger partial charge in [-0.1, -0.05) is 29.3 Å². The molecule has 11 heteroatoms. The molecule has 3 rings (SSSR count). The molecular weight excluding hydrogens is 477 g/mol. The molecule has 0 bridgehead atoms. The van der Waals surface area contributed by atoms with E-state index in [2.05, 4.69) is 30.8 Å². The lowest BCUT2D eigenvalue weighted by atomic mass is 10.1. The molecule has 34 heavy (non-hydrogen) atoms. The normalized spacial score (nSPS) is 10.6. The highest BCUT2D eigenvalue weighted by Gasteiger charge is 2.18. The summed E-state index contributed by atoms with van der Waals surface area (Å²) in [6.45, 7) is 1.62. The number of carbonyl (C=O) groups is 1. The van der Waals surface area contributed by atoms with Gasteiger partial charge in [0.2, 0.25) is 11.8 Å². The van der Waals surface area contributed by atoms with Crippen molar-refractivity contribution in [2.24, 2.45) is 0 Å². The first-order chi connectivity index (χ1) is 16.3. The minimum atomic E-state index is -0.516. The van der Waals surface area contributed by atoms with Crippen LogP contribution in [-0.4, -0.2) is 61.3 Å². The average Bonchev–Trinajstić information content (AvgIpc) is 2.81. The number of nitrogens with zero attached hydrogens (tertiary/aromatic N) is 3. The van der Waals surface area contributed by atoms with Crippen molar-refractivity contribution in [3.05, 3.63) is 63.8 Å². The molecule has 0 radical (unpaired) electrons. The number of likely N-dealkylation sites (N-methyl/N-ethyl adjacent to an activating group) is 1. The monoisotopic (exact) mass is 501 g/mol. The number of amides is 1. The number of carbonyl (C=O) groups excluding carboxylic acids is 1. The van der Waals surface area contributed by atoms with Crippen molar-refractivity contribution in [1.29, 1.82) is 5.41 Å². The van der Waals surface area contributed by atoms with Crippen LogP contribution in [0.25, 0.3) is 0 Å². The summed E-state index contributed by atoms with van der Waals surface area (Å²) < 4.78 is 5.30. The highest BCUT2D eigenvalue weighted by molar-refractivity contribution is 6.40. The van der Waals surface area contributed by atoms with Gasteiger partial charge in [0, 0.05) is 42.4 Å². The number of methoxy groups -OCH3 is 1. The Labute approximate surface area is 208 Å². The van der Waals surface area contributed by atoms with Crippen LogP contribution < -0.4 is 20.7 Å². The summed E-state index contributed by atoms with van der Waals surface area (Å²) in [5.74, 6) is -0.210. The van der Waals surface area contributed by atoms with Gasteiger partial charge in [-0.25, -0.2) is 4.98 Å². The van der Waals surface area contributed by atoms with Gasteiger partial charge in [0.1, 0.15) is 5.56 Å². The average molecular weight is 502 g/mol. The molecule has 4 N–H and O–H groups in total. The number of halogens is 2. The Morgan fingerprint density at radius 3 is 2.59 bits per heavy atom.